The van der Waals surface area contributed by atoms with Crippen molar-refractivity contribution in [3.05, 3.63) is 12.2 Å². The number of carbonyl (C=O) groups is 3. The Morgan fingerprint density at radius 1 is 0.292 bits per heavy atom. The second kappa shape index (κ2) is 54.8. The molecular weight excluding hydrogens is 805 g/mol. The lowest BCUT2D eigenvalue weighted by molar-refractivity contribution is -0.167. The SMILES string of the molecule is CCCCCCCCCC/C=C\CCCCCCCCCCCC(=O)OCC(COC(=O)CCCCCCCCC)OC(=O)CCCCCCCCCCCCCCCCCCCCC. The first-order valence-electron chi connectivity index (χ1n) is 29.2. The van der Waals surface area contributed by atoms with Gasteiger partial charge in [0.25, 0.3) is 0 Å². The highest BCUT2D eigenvalue weighted by Crippen LogP contribution is 2.17. The summed E-state index contributed by atoms with van der Waals surface area (Å²) in [6.45, 7) is 6.65. The van der Waals surface area contributed by atoms with E-state index >= 15 is 0 Å². The second-order valence-electron chi connectivity index (χ2n) is 19.9. The van der Waals surface area contributed by atoms with E-state index in [1.807, 2.05) is 0 Å². The number of allylic oxidation sites excluding steroid dienone is 2. The zero-order valence-electron chi connectivity index (χ0n) is 44.0. The Bertz CT molecular complexity index is 1010. The maximum absolute atomic E-state index is 12.8. The first-order valence-corrected chi connectivity index (χ1v) is 29.2. The van der Waals surface area contributed by atoms with Crippen LogP contribution in [0.5, 0.6) is 0 Å². The summed E-state index contributed by atoms with van der Waals surface area (Å²) < 4.78 is 16.8. The molecule has 0 aromatic rings. The molecule has 0 heterocycles. The van der Waals surface area contributed by atoms with Gasteiger partial charge in [-0.05, 0) is 44.9 Å². The smallest absolute Gasteiger partial charge is 0.306 e. The summed E-state index contributed by atoms with van der Waals surface area (Å²) >= 11 is 0. The summed E-state index contributed by atoms with van der Waals surface area (Å²) in [5.74, 6) is -0.852. The molecule has 0 spiro atoms. The maximum Gasteiger partial charge on any atom is 0.306 e. The van der Waals surface area contributed by atoms with Crippen molar-refractivity contribution in [2.45, 2.75) is 335 Å². The van der Waals surface area contributed by atoms with Crippen LogP contribution in [-0.4, -0.2) is 37.2 Å². The molecule has 0 N–H and O–H groups in total. The van der Waals surface area contributed by atoms with E-state index < -0.39 is 6.10 Å². The van der Waals surface area contributed by atoms with Gasteiger partial charge in [-0.15, -0.1) is 0 Å². The van der Waals surface area contributed by atoms with Crippen molar-refractivity contribution in [3.63, 3.8) is 0 Å². The van der Waals surface area contributed by atoms with Crippen LogP contribution >= 0.6 is 0 Å². The van der Waals surface area contributed by atoms with Crippen LogP contribution in [0.2, 0.25) is 0 Å². The molecule has 1 unspecified atom stereocenters. The molecule has 6 nitrogen and oxygen atoms in total. The molecule has 6 heteroatoms. The van der Waals surface area contributed by atoms with Gasteiger partial charge in [0, 0.05) is 19.3 Å². The van der Waals surface area contributed by atoms with Crippen molar-refractivity contribution in [2.75, 3.05) is 13.2 Å². The number of ether oxygens (including phenoxy) is 3. The third-order valence-electron chi connectivity index (χ3n) is 13.3. The van der Waals surface area contributed by atoms with Crippen molar-refractivity contribution < 1.29 is 28.6 Å². The van der Waals surface area contributed by atoms with Gasteiger partial charge in [0.05, 0.1) is 0 Å². The first kappa shape index (κ1) is 63.1. The van der Waals surface area contributed by atoms with Gasteiger partial charge in [-0.2, -0.15) is 0 Å². The zero-order valence-corrected chi connectivity index (χ0v) is 44.0. The molecule has 1 atom stereocenters. The van der Waals surface area contributed by atoms with Crippen LogP contribution < -0.4 is 0 Å². The Hall–Kier alpha value is -1.85. The van der Waals surface area contributed by atoms with Crippen LogP contribution in [0.25, 0.3) is 0 Å². The van der Waals surface area contributed by atoms with Crippen molar-refractivity contribution in [1.29, 1.82) is 0 Å². The summed E-state index contributed by atoms with van der Waals surface area (Å²) in [5.41, 5.74) is 0. The van der Waals surface area contributed by atoms with E-state index in [-0.39, 0.29) is 31.1 Å². The van der Waals surface area contributed by atoms with Crippen LogP contribution in [0.3, 0.4) is 0 Å². The Morgan fingerprint density at radius 2 is 0.508 bits per heavy atom. The number of carbonyl (C=O) groups excluding carboxylic acids is 3. The quantitative estimate of drug-likeness (QED) is 0.0262. The molecule has 0 aliphatic rings. The van der Waals surface area contributed by atoms with Gasteiger partial charge in [-0.25, -0.2) is 0 Å². The molecular formula is C59H112O6. The molecule has 384 valence electrons. The fourth-order valence-corrected chi connectivity index (χ4v) is 8.85. The molecule has 0 aromatic heterocycles. The Kier molecular flexibility index (Phi) is 53.2. The van der Waals surface area contributed by atoms with Crippen molar-refractivity contribution >= 4 is 17.9 Å². The van der Waals surface area contributed by atoms with E-state index in [0.29, 0.717) is 19.3 Å². The van der Waals surface area contributed by atoms with Crippen LogP contribution in [0.4, 0.5) is 0 Å². The normalized spacial score (nSPS) is 12.0. The van der Waals surface area contributed by atoms with Gasteiger partial charge in [0.1, 0.15) is 13.2 Å². The number of esters is 3. The molecule has 0 bridgehead atoms. The Balaban J connectivity index is 4.13. The predicted molar refractivity (Wildman–Crippen MR) is 280 cm³/mol. The minimum atomic E-state index is -0.763. The highest BCUT2D eigenvalue weighted by atomic mass is 16.6. The van der Waals surface area contributed by atoms with E-state index in [0.717, 1.165) is 57.8 Å². The van der Waals surface area contributed by atoms with Gasteiger partial charge in [0.2, 0.25) is 0 Å². The molecule has 0 saturated carbocycles. The number of hydrogen-bond acceptors (Lipinski definition) is 6. The molecule has 65 heavy (non-hydrogen) atoms. The number of rotatable bonds is 54. The van der Waals surface area contributed by atoms with Crippen LogP contribution in [0.15, 0.2) is 12.2 Å². The average Bonchev–Trinajstić information content (AvgIpc) is 3.30. The summed E-state index contributed by atoms with van der Waals surface area (Å²) in [6.07, 6.45) is 62.3. The third-order valence-corrected chi connectivity index (χ3v) is 13.3. The molecule has 0 amide bonds. The lowest BCUT2D eigenvalue weighted by Crippen LogP contribution is -2.30. The van der Waals surface area contributed by atoms with Crippen LogP contribution in [0.1, 0.15) is 329 Å². The summed E-state index contributed by atoms with van der Waals surface area (Å²) in [5, 5.41) is 0. The lowest BCUT2D eigenvalue weighted by Gasteiger charge is -2.18. The summed E-state index contributed by atoms with van der Waals surface area (Å²) in [7, 11) is 0. The first-order chi connectivity index (χ1) is 32.0. The highest BCUT2D eigenvalue weighted by molar-refractivity contribution is 5.71. The Labute approximate surface area is 405 Å². The second-order valence-corrected chi connectivity index (χ2v) is 19.9. The fourth-order valence-electron chi connectivity index (χ4n) is 8.85. The molecule has 0 aromatic carbocycles. The zero-order chi connectivity index (χ0) is 47.2. The van der Waals surface area contributed by atoms with Crippen LogP contribution in [-0.2, 0) is 28.6 Å². The van der Waals surface area contributed by atoms with E-state index in [1.165, 1.54) is 231 Å². The van der Waals surface area contributed by atoms with Crippen molar-refractivity contribution in [3.8, 4) is 0 Å². The highest BCUT2D eigenvalue weighted by Gasteiger charge is 2.19. The van der Waals surface area contributed by atoms with Gasteiger partial charge in [0.15, 0.2) is 6.10 Å². The summed E-state index contributed by atoms with van der Waals surface area (Å²) in [6, 6.07) is 0. The monoisotopic (exact) mass is 917 g/mol. The van der Waals surface area contributed by atoms with E-state index in [4.69, 9.17) is 14.2 Å². The summed E-state index contributed by atoms with van der Waals surface area (Å²) in [4.78, 5) is 37.9. The van der Waals surface area contributed by atoms with Gasteiger partial charge in [-0.3, -0.25) is 14.4 Å². The molecule has 0 rings (SSSR count). The minimum absolute atomic E-state index is 0.0659. The van der Waals surface area contributed by atoms with E-state index in [9.17, 15) is 14.4 Å². The fraction of sp³-hybridized carbons (Fsp3) is 0.915. The largest absolute Gasteiger partial charge is 0.462 e. The van der Waals surface area contributed by atoms with E-state index in [1.54, 1.807) is 0 Å². The van der Waals surface area contributed by atoms with E-state index in [2.05, 4.69) is 32.9 Å². The lowest BCUT2D eigenvalue weighted by atomic mass is 10.0. The van der Waals surface area contributed by atoms with Gasteiger partial charge < -0.3 is 14.2 Å². The van der Waals surface area contributed by atoms with Crippen molar-refractivity contribution in [1.82, 2.24) is 0 Å². The Morgan fingerprint density at radius 3 is 0.769 bits per heavy atom. The number of unbranched alkanes of at least 4 members (excludes halogenated alkanes) is 41. The van der Waals surface area contributed by atoms with Crippen LogP contribution in [0, 0.1) is 0 Å². The minimum Gasteiger partial charge on any atom is -0.462 e. The number of hydrogen-bond donors (Lipinski definition) is 0. The standard InChI is InChI=1S/C59H112O6/c1-4-7-10-13-16-18-20-22-24-26-28-29-31-32-34-36-38-40-43-46-49-52-58(61)64-55-56(54-63-57(60)51-48-45-42-15-12-9-6-3)65-59(62)53-50-47-44-41-39-37-35-33-30-27-25-23-21-19-17-14-11-8-5-2/h26,28,56H,4-25,27,29-55H2,1-3H3/b28-26-. The van der Waals surface area contributed by atoms with Gasteiger partial charge in [-0.1, -0.05) is 277 Å². The molecule has 0 saturated heterocycles. The molecule has 0 aliphatic carbocycles. The topological polar surface area (TPSA) is 78.9 Å². The molecule has 0 radical (unpaired) electrons. The molecule has 0 aliphatic heterocycles. The maximum atomic E-state index is 12.8. The third kappa shape index (κ3) is 53.0. The molecule has 0 fully saturated rings. The average molecular weight is 918 g/mol. The van der Waals surface area contributed by atoms with Gasteiger partial charge >= 0.3 is 17.9 Å². The predicted octanol–water partition coefficient (Wildman–Crippen LogP) is 19.3. The van der Waals surface area contributed by atoms with Crippen molar-refractivity contribution in [2.24, 2.45) is 0 Å².